The molecule has 1 aromatic rings. The van der Waals surface area contributed by atoms with Crippen LogP contribution >= 0.6 is 0 Å². The lowest BCUT2D eigenvalue weighted by Crippen LogP contribution is -2.07. The van der Waals surface area contributed by atoms with E-state index in [4.69, 9.17) is 5.73 Å². The van der Waals surface area contributed by atoms with Gasteiger partial charge in [-0.2, -0.15) is 0 Å². The van der Waals surface area contributed by atoms with Gasteiger partial charge in [0.2, 0.25) is 0 Å². The molecule has 0 saturated carbocycles. The predicted octanol–water partition coefficient (Wildman–Crippen LogP) is 4.57. The van der Waals surface area contributed by atoms with Crippen LogP contribution in [0.1, 0.15) is 44.6 Å². The Balaban J connectivity index is 2.44. The van der Waals surface area contributed by atoms with Crippen LogP contribution in [0.15, 0.2) is 30.5 Å². The van der Waals surface area contributed by atoms with Crippen LogP contribution in [0, 0.1) is 17.6 Å². The number of hydrogen-bond donors (Lipinski definition) is 1. The van der Waals surface area contributed by atoms with Gasteiger partial charge < -0.3 is 5.73 Å². The summed E-state index contributed by atoms with van der Waals surface area (Å²) in [7, 11) is 0. The molecule has 0 aromatic heterocycles. The fourth-order valence-electron chi connectivity index (χ4n) is 2.48. The molecule has 0 fully saturated rings. The monoisotopic (exact) mass is 267 g/mol. The SMILES string of the molecule is C=C(N)CC(CCC)CCCc1cc(F)cc(F)c1. The van der Waals surface area contributed by atoms with E-state index in [1.165, 1.54) is 12.1 Å². The van der Waals surface area contributed by atoms with Crippen molar-refractivity contribution in [3.8, 4) is 0 Å². The van der Waals surface area contributed by atoms with Gasteiger partial charge in [0.25, 0.3) is 0 Å². The Morgan fingerprint density at radius 2 is 1.84 bits per heavy atom. The largest absolute Gasteiger partial charge is 0.403 e. The minimum atomic E-state index is -0.504. The molecule has 1 unspecified atom stereocenters. The van der Waals surface area contributed by atoms with Gasteiger partial charge in [0, 0.05) is 11.8 Å². The van der Waals surface area contributed by atoms with Gasteiger partial charge in [0.05, 0.1) is 0 Å². The molecule has 0 amide bonds. The number of rotatable bonds is 8. The van der Waals surface area contributed by atoms with E-state index in [1.54, 1.807) is 0 Å². The third-order valence-corrected chi connectivity index (χ3v) is 3.25. The highest BCUT2D eigenvalue weighted by molar-refractivity contribution is 5.17. The topological polar surface area (TPSA) is 26.0 Å². The van der Waals surface area contributed by atoms with Crippen molar-refractivity contribution in [2.75, 3.05) is 0 Å². The highest BCUT2D eigenvalue weighted by Gasteiger charge is 2.09. The van der Waals surface area contributed by atoms with Crippen LogP contribution in [0.4, 0.5) is 8.78 Å². The summed E-state index contributed by atoms with van der Waals surface area (Å²) in [5, 5.41) is 0. The fraction of sp³-hybridized carbons (Fsp3) is 0.500. The molecule has 0 aliphatic rings. The van der Waals surface area contributed by atoms with Crippen molar-refractivity contribution in [1.29, 1.82) is 0 Å². The van der Waals surface area contributed by atoms with Crippen LogP contribution in [-0.2, 0) is 6.42 Å². The molecule has 2 N–H and O–H groups in total. The van der Waals surface area contributed by atoms with E-state index in [0.717, 1.165) is 49.4 Å². The quantitative estimate of drug-likeness (QED) is 0.733. The van der Waals surface area contributed by atoms with Gasteiger partial charge in [0.15, 0.2) is 0 Å². The standard InChI is InChI=1S/C16H23F2N/c1-3-5-13(8-12(2)19)6-4-7-14-9-15(17)11-16(18)10-14/h9-11,13H,2-8,19H2,1H3. The zero-order chi connectivity index (χ0) is 14.3. The van der Waals surface area contributed by atoms with E-state index in [2.05, 4.69) is 13.5 Å². The third kappa shape index (κ3) is 6.37. The second-order valence-corrected chi connectivity index (χ2v) is 5.19. The molecule has 106 valence electrons. The number of nitrogens with two attached hydrogens (primary N) is 1. The Morgan fingerprint density at radius 1 is 1.21 bits per heavy atom. The number of benzene rings is 1. The smallest absolute Gasteiger partial charge is 0.126 e. The Labute approximate surface area is 114 Å². The van der Waals surface area contributed by atoms with Gasteiger partial charge in [-0.15, -0.1) is 0 Å². The van der Waals surface area contributed by atoms with Crippen LogP contribution in [0.5, 0.6) is 0 Å². The van der Waals surface area contributed by atoms with Crippen molar-refractivity contribution >= 4 is 0 Å². The van der Waals surface area contributed by atoms with Crippen LogP contribution in [0.25, 0.3) is 0 Å². The molecule has 0 aliphatic heterocycles. The lowest BCUT2D eigenvalue weighted by molar-refractivity contribution is 0.427. The molecular formula is C16H23F2N. The average molecular weight is 267 g/mol. The minimum Gasteiger partial charge on any atom is -0.403 e. The van der Waals surface area contributed by atoms with Crippen molar-refractivity contribution in [2.24, 2.45) is 11.7 Å². The van der Waals surface area contributed by atoms with Crippen LogP contribution in [-0.4, -0.2) is 0 Å². The molecule has 0 aliphatic carbocycles. The molecule has 1 rings (SSSR count). The van der Waals surface area contributed by atoms with Crippen molar-refractivity contribution in [3.63, 3.8) is 0 Å². The van der Waals surface area contributed by atoms with Crippen molar-refractivity contribution in [3.05, 3.63) is 47.7 Å². The summed E-state index contributed by atoms with van der Waals surface area (Å²) in [6.45, 7) is 5.89. The molecule has 1 atom stereocenters. The van der Waals surface area contributed by atoms with Crippen LogP contribution in [0.3, 0.4) is 0 Å². The second-order valence-electron chi connectivity index (χ2n) is 5.19. The maximum Gasteiger partial charge on any atom is 0.126 e. The Morgan fingerprint density at radius 3 is 2.37 bits per heavy atom. The summed E-state index contributed by atoms with van der Waals surface area (Å²) in [6, 6.07) is 3.71. The first kappa shape index (κ1) is 15.7. The van der Waals surface area contributed by atoms with Gasteiger partial charge in [-0.25, -0.2) is 8.78 Å². The Kier molecular flexibility index (Phi) is 6.54. The number of aryl methyl sites for hydroxylation is 1. The lowest BCUT2D eigenvalue weighted by Gasteiger charge is -2.15. The Hall–Kier alpha value is -1.38. The number of halogens is 2. The van der Waals surface area contributed by atoms with Gasteiger partial charge in [-0.1, -0.05) is 26.3 Å². The molecule has 0 saturated heterocycles. The zero-order valence-corrected chi connectivity index (χ0v) is 11.6. The second kappa shape index (κ2) is 7.93. The maximum absolute atomic E-state index is 13.0. The normalized spacial score (nSPS) is 12.4. The van der Waals surface area contributed by atoms with Gasteiger partial charge in [-0.05, 0) is 49.3 Å². The van der Waals surface area contributed by atoms with E-state index in [1.807, 2.05) is 0 Å². The van der Waals surface area contributed by atoms with E-state index >= 15 is 0 Å². The van der Waals surface area contributed by atoms with E-state index in [0.29, 0.717) is 12.3 Å². The minimum absolute atomic E-state index is 0.504. The third-order valence-electron chi connectivity index (χ3n) is 3.25. The molecule has 1 nitrogen and oxygen atoms in total. The van der Waals surface area contributed by atoms with Crippen LogP contribution < -0.4 is 5.73 Å². The summed E-state index contributed by atoms with van der Waals surface area (Å²) < 4.78 is 26.1. The summed E-state index contributed by atoms with van der Waals surface area (Å²) in [6.07, 6.45) is 5.71. The van der Waals surface area contributed by atoms with Gasteiger partial charge in [0.1, 0.15) is 11.6 Å². The molecule has 0 spiro atoms. The van der Waals surface area contributed by atoms with Crippen molar-refractivity contribution in [2.45, 2.75) is 45.4 Å². The highest BCUT2D eigenvalue weighted by Crippen LogP contribution is 2.21. The Bertz CT molecular complexity index is 395. The molecule has 19 heavy (non-hydrogen) atoms. The highest BCUT2D eigenvalue weighted by atomic mass is 19.1. The van der Waals surface area contributed by atoms with E-state index < -0.39 is 11.6 Å². The summed E-state index contributed by atoms with van der Waals surface area (Å²) >= 11 is 0. The zero-order valence-electron chi connectivity index (χ0n) is 11.6. The summed E-state index contributed by atoms with van der Waals surface area (Å²) in [5.41, 5.74) is 7.09. The van der Waals surface area contributed by atoms with E-state index in [-0.39, 0.29) is 0 Å². The summed E-state index contributed by atoms with van der Waals surface area (Å²) in [4.78, 5) is 0. The van der Waals surface area contributed by atoms with Crippen molar-refractivity contribution < 1.29 is 8.78 Å². The molecule has 0 heterocycles. The average Bonchev–Trinajstić information content (AvgIpc) is 2.27. The van der Waals surface area contributed by atoms with Gasteiger partial charge >= 0.3 is 0 Å². The first-order valence-corrected chi connectivity index (χ1v) is 6.89. The summed E-state index contributed by atoms with van der Waals surface area (Å²) in [5.74, 6) is -0.480. The van der Waals surface area contributed by atoms with Crippen LogP contribution in [0.2, 0.25) is 0 Å². The molecule has 0 radical (unpaired) electrons. The molecule has 0 bridgehead atoms. The van der Waals surface area contributed by atoms with Gasteiger partial charge in [-0.3, -0.25) is 0 Å². The first-order valence-electron chi connectivity index (χ1n) is 6.89. The molecule has 1 aromatic carbocycles. The van der Waals surface area contributed by atoms with Crippen molar-refractivity contribution in [1.82, 2.24) is 0 Å². The maximum atomic E-state index is 13.0. The fourth-order valence-corrected chi connectivity index (χ4v) is 2.48. The van der Waals surface area contributed by atoms with E-state index in [9.17, 15) is 8.78 Å². The lowest BCUT2D eigenvalue weighted by atomic mass is 9.92. The molecular weight excluding hydrogens is 244 g/mol. The number of hydrogen-bond acceptors (Lipinski definition) is 1. The first-order chi connectivity index (χ1) is 9.01. The molecule has 3 heteroatoms. The number of allylic oxidation sites excluding steroid dienone is 1. The predicted molar refractivity (Wildman–Crippen MR) is 75.6 cm³/mol.